The molecule has 96 valence electrons. The van der Waals surface area contributed by atoms with E-state index < -0.39 is 9.84 Å². The number of halogens is 1. The number of aromatic nitrogens is 2. The Labute approximate surface area is 110 Å². The van der Waals surface area contributed by atoms with Crippen LogP contribution in [0.15, 0.2) is 35.4 Å². The van der Waals surface area contributed by atoms with Gasteiger partial charge in [-0.1, -0.05) is 30.7 Å². The predicted octanol–water partition coefficient (Wildman–Crippen LogP) is 1.90. The summed E-state index contributed by atoms with van der Waals surface area (Å²) in [5.74, 6) is 0.189. The van der Waals surface area contributed by atoms with Gasteiger partial charge in [0.15, 0.2) is 15.7 Å². The number of anilines is 1. The van der Waals surface area contributed by atoms with Gasteiger partial charge in [-0.2, -0.15) is 0 Å². The topological polar surface area (TPSA) is 78.0 Å². The number of hydrogen-bond donors (Lipinski definition) is 1. The van der Waals surface area contributed by atoms with E-state index in [9.17, 15) is 8.42 Å². The molecule has 0 bridgehead atoms. The molecule has 0 aliphatic rings. The van der Waals surface area contributed by atoms with E-state index in [0.29, 0.717) is 10.7 Å². The van der Waals surface area contributed by atoms with Crippen molar-refractivity contribution in [2.45, 2.75) is 11.8 Å². The van der Waals surface area contributed by atoms with Gasteiger partial charge in [-0.15, -0.1) is 5.10 Å². The molecule has 2 rings (SSSR count). The van der Waals surface area contributed by atoms with Crippen molar-refractivity contribution >= 4 is 27.3 Å². The third-order valence-corrected chi connectivity index (χ3v) is 4.59. The highest BCUT2D eigenvalue weighted by Gasteiger charge is 2.18. The zero-order valence-corrected chi connectivity index (χ0v) is 11.2. The van der Waals surface area contributed by atoms with Crippen LogP contribution in [0.3, 0.4) is 0 Å². The predicted molar refractivity (Wildman–Crippen MR) is 70.7 cm³/mol. The molecule has 1 heterocycles. The summed E-state index contributed by atoms with van der Waals surface area (Å²) in [4.78, 5) is 0.215. The van der Waals surface area contributed by atoms with Crippen LogP contribution in [-0.2, 0) is 9.84 Å². The SMILES string of the molecule is CCS(=O)(=O)c1ccccc1-n1cc(Cl)c(N)n1. The number of nitrogens with zero attached hydrogens (tertiary/aromatic N) is 2. The average Bonchev–Trinajstić information content (AvgIpc) is 2.69. The molecule has 0 fully saturated rings. The normalized spacial score (nSPS) is 11.7. The number of hydrogen-bond acceptors (Lipinski definition) is 4. The largest absolute Gasteiger partial charge is 0.381 e. The van der Waals surface area contributed by atoms with Crippen molar-refractivity contribution in [2.75, 3.05) is 11.5 Å². The minimum absolute atomic E-state index is 0.0223. The Bertz CT molecular complexity index is 660. The molecule has 0 unspecified atom stereocenters. The Morgan fingerprint density at radius 1 is 1.39 bits per heavy atom. The minimum Gasteiger partial charge on any atom is -0.381 e. The van der Waals surface area contributed by atoms with E-state index in [2.05, 4.69) is 5.10 Å². The lowest BCUT2D eigenvalue weighted by Crippen LogP contribution is -2.09. The molecule has 0 saturated heterocycles. The lowest BCUT2D eigenvalue weighted by Gasteiger charge is -2.08. The summed E-state index contributed by atoms with van der Waals surface area (Å²) in [6.45, 7) is 1.59. The van der Waals surface area contributed by atoms with Gasteiger partial charge in [-0.05, 0) is 12.1 Å². The van der Waals surface area contributed by atoms with Crippen molar-refractivity contribution in [1.29, 1.82) is 0 Å². The van der Waals surface area contributed by atoms with E-state index in [1.807, 2.05) is 0 Å². The molecule has 0 aliphatic carbocycles. The van der Waals surface area contributed by atoms with Gasteiger partial charge in [0.25, 0.3) is 0 Å². The fraction of sp³-hybridized carbons (Fsp3) is 0.182. The van der Waals surface area contributed by atoms with Crippen molar-refractivity contribution in [3.8, 4) is 5.69 Å². The van der Waals surface area contributed by atoms with Gasteiger partial charge < -0.3 is 5.73 Å². The van der Waals surface area contributed by atoms with Gasteiger partial charge in [0.05, 0.1) is 22.5 Å². The van der Waals surface area contributed by atoms with Crippen molar-refractivity contribution in [3.63, 3.8) is 0 Å². The lowest BCUT2D eigenvalue weighted by atomic mass is 10.3. The molecule has 0 amide bonds. The molecule has 7 heteroatoms. The van der Waals surface area contributed by atoms with Gasteiger partial charge in [-0.3, -0.25) is 0 Å². The quantitative estimate of drug-likeness (QED) is 0.934. The second-order valence-corrected chi connectivity index (χ2v) is 6.33. The Hall–Kier alpha value is -1.53. The first-order valence-corrected chi connectivity index (χ1v) is 7.31. The maximum absolute atomic E-state index is 12.0. The first kappa shape index (κ1) is 12.9. The number of sulfone groups is 1. The molecule has 2 aromatic rings. The molecule has 0 spiro atoms. The fourth-order valence-electron chi connectivity index (χ4n) is 1.55. The zero-order chi connectivity index (χ0) is 13.3. The van der Waals surface area contributed by atoms with Gasteiger partial charge in [0.1, 0.15) is 5.02 Å². The van der Waals surface area contributed by atoms with Gasteiger partial charge in [0, 0.05) is 0 Å². The average molecular weight is 286 g/mol. The van der Waals surface area contributed by atoms with E-state index in [1.165, 1.54) is 10.9 Å². The first-order valence-electron chi connectivity index (χ1n) is 5.28. The van der Waals surface area contributed by atoms with Gasteiger partial charge >= 0.3 is 0 Å². The van der Waals surface area contributed by atoms with Crippen molar-refractivity contribution < 1.29 is 8.42 Å². The van der Waals surface area contributed by atoms with E-state index in [4.69, 9.17) is 17.3 Å². The maximum Gasteiger partial charge on any atom is 0.180 e. The third kappa shape index (κ3) is 2.21. The van der Waals surface area contributed by atoms with Crippen LogP contribution in [0, 0.1) is 0 Å². The number of nitrogens with two attached hydrogens (primary N) is 1. The standard InChI is InChI=1S/C11H12ClN3O2S/c1-2-18(16,17)10-6-4-3-5-9(10)15-7-8(12)11(13)14-15/h3-7H,2H2,1H3,(H2,13,14). The fourth-order valence-corrected chi connectivity index (χ4v) is 2.76. The third-order valence-electron chi connectivity index (χ3n) is 2.52. The highest BCUT2D eigenvalue weighted by atomic mass is 35.5. The summed E-state index contributed by atoms with van der Waals surface area (Å²) in [7, 11) is -3.33. The summed E-state index contributed by atoms with van der Waals surface area (Å²) in [5, 5.41) is 4.28. The van der Waals surface area contributed by atoms with Crippen LogP contribution in [0.4, 0.5) is 5.82 Å². The van der Waals surface area contributed by atoms with E-state index in [-0.39, 0.29) is 16.5 Å². The Morgan fingerprint density at radius 2 is 2.06 bits per heavy atom. The van der Waals surface area contributed by atoms with E-state index >= 15 is 0 Å². The van der Waals surface area contributed by atoms with E-state index in [1.54, 1.807) is 31.2 Å². The van der Waals surface area contributed by atoms with Crippen molar-refractivity contribution in [1.82, 2.24) is 9.78 Å². The molecule has 0 radical (unpaired) electrons. The maximum atomic E-state index is 12.0. The molecule has 0 aliphatic heterocycles. The van der Waals surface area contributed by atoms with Gasteiger partial charge in [0.2, 0.25) is 0 Å². The van der Waals surface area contributed by atoms with Crippen LogP contribution >= 0.6 is 11.6 Å². The van der Waals surface area contributed by atoms with Crippen LogP contribution in [0.25, 0.3) is 5.69 Å². The van der Waals surface area contributed by atoms with Crippen LogP contribution in [0.1, 0.15) is 6.92 Å². The molecule has 1 aromatic carbocycles. The summed E-state index contributed by atoms with van der Waals surface area (Å²) < 4.78 is 25.3. The molecule has 0 saturated carbocycles. The molecule has 0 atom stereocenters. The van der Waals surface area contributed by atoms with Crippen LogP contribution in [0.2, 0.25) is 5.02 Å². The summed E-state index contributed by atoms with van der Waals surface area (Å²) in [6.07, 6.45) is 1.49. The van der Waals surface area contributed by atoms with Crippen molar-refractivity contribution in [3.05, 3.63) is 35.5 Å². The van der Waals surface area contributed by atoms with Crippen molar-refractivity contribution in [2.24, 2.45) is 0 Å². The van der Waals surface area contributed by atoms with Crippen LogP contribution < -0.4 is 5.73 Å². The molecular weight excluding hydrogens is 274 g/mol. The second-order valence-electron chi connectivity index (χ2n) is 3.68. The number of benzene rings is 1. The highest BCUT2D eigenvalue weighted by molar-refractivity contribution is 7.91. The highest BCUT2D eigenvalue weighted by Crippen LogP contribution is 2.24. The molecule has 1 aromatic heterocycles. The second kappa shape index (κ2) is 4.62. The Morgan fingerprint density at radius 3 is 2.61 bits per heavy atom. The first-order chi connectivity index (χ1) is 8.45. The minimum atomic E-state index is -3.33. The molecule has 2 N–H and O–H groups in total. The smallest absolute Gasteiger partial charge is 0.180 e. The zero-order valence-electron chi connectivity index (χ0n) is 9.67. The Kier molecular flexibility index (Phi) is 3.32. The molecule has 5 nitrogen and oxygen atoms in total. The number of para-hydroxylation sites is 1. The monoisotopic (exact) mass is 285 g/mol. The van der Waals surface area contributed by atoms with E-state index in [0.717, 1.165) is 0 Å². The van der Waals surface area contributed by atoms with Gasteiger partial charge in [-0.25, -0.2) is 13.1 Å². The lowest BCUT2D eigenvalue weighted by molar-refractivity contribution is 0.596. The number of nitrogen functional groups attached to an aromatic ring is 1. The van der Waals surface area contributed by atoms with Crippen LogP contribution in [-0.4, -0.2) is 24.0 Å². The summed E-state index contributed by atoms with van der Waals surface area (Å²) >= 11 is 5.82. The summed E-state index contributed by atoms with van der Waals surface area (Å²) in [6, 6.07) is 6.60. The molecule has 18 heavy (non-hydrogen) atoms. The van der Waals surface area contributed by atoms with Crippen LogP contribution in [0.5, 0.6) is 0 Å². The summed E-state index contributed by atoms with van der Waals surface area (Å²) in [5.41, 5.74) is 6.00. The Balaban J connectivity index is 2.66. The molecular formula is C11H12ClN3O2S. The number of rotatable bonds is 3.